The van der Waals surface area contributed by atoms with E-state index >= 15 is 0 Å². The fourth-order valence-electron chi connectivity index (χ4n) is 1.71. The number of nitrogens with two attached hydrogens (primary N) is 1. The van der Waals surface area contributed by atoms with Crippen LogP contribution < -0.4 is 10.5 Å². The quantitative estimate of drug-likeness (QED) is 0.867. The molecule has 0 aliphatic heterocycles. The van der Waals surface area contributed by atoms with Crippen LogP contribution >= 0.6 is 0 Å². The van der Waals surface area contributed by atoms with Crippen molar-refractivity contribution >= 4 is 5.69 Å². The summed E-state index contributed by atoms with van der Waals surface area (Å²) in [6.45, 7) is 2.20. The first-order valence-electron chi connectivity index (χ1n) is 6.26. The van der Waals surface area contributed by atoms with Crippen molar-refractivity contribution in [3.05, 3.63) is 48.2 Å². The fourth-order valence-corrected chi connectivity index (χ4v) is 1.71. The third-order valence-electron chi connectivity index (χ3n) is 2.72. The minimum Gasteiger partial charge on any atom is -0.439 e. The van der Waals surface area contributed by atoms with E-state index in [4.69, 9.17) is 10.5 Å². The van der Waals surface area contributed by atoms with Gasteiger partial charge in [0.25, 0.3) is 0 Å². The number of aryl methyl sites for hydroxylation is 1. The van der Waals surface area contributed by atoms with Crippen molar-refractivity contribution in [2.75, 3.05) is 5.73 Å². The van der Waals surface area contributed by atoms with Gasteiger partial charge >= 0.3 is 0 Å². The van der Waals surface area contributed by atoms with Crippen LogP contribution in [0.25, 0.3) is 0 Å². The zero-order valence-corrected chi connectivity index (χ0v) is 10.6. The molecular formula is C15H18N2O. The first-order chi connectivity index (χ1) is 8.78. The van der Waals surface area contributed by atoms with Gasteiger partial charge in [-0.25, -0.2) is 4.98 Å². The standard InChI is InChI=1S/C15H18N2O/c1-2-3-4-12-5-7-14(8-6-12)18-15-11-13(16)9-10-17-15/h5-11H,2-4H2,1H3,(H2,16,17). The molecule has 2 rings (SSSR count). The monoisotopic (exact) mass is 242 g/mol. The van der Waals surface area contributed by atoms with Crippen LogP contribution in [0.4, 0.5) is 5.69 Å². The predicted octanol–water partition coefficient (Wildman–Crippen LogP) is 3.80. The Morgan fingerprint density at radius 1 is 1.17 bits per heavy atom. The van der Waals surface area contributed by atoms with Crippen LogP contribution in [0, 0.1) is 0 Å². The molecule has 2 N–H and O–H groups in total. The number of nitrogen functional groups attached to an aromatic ring is 1. The predicted molar refractivity (Wildman–Crippen MR) is 73.8 cm³/mol. The molecule has 0 saturated carbocycles. The van der Waals surface area contributed by atoms with Crippen molar-refractivity contribution in [2.45, 2.75) is 26.2 Å². The van der Waals surface area contributed by atoms with E-state index in [1.807, 2.05) is 12.1 Å². The number of hydrogen-bond acceptors (Lipinski definition) is 3. The molecule has 2 aromatic rings. The lowest BCUT2D eigenvalue weighted by atomic mass is 10.1. The summed E-state index contributed by atoms with van der Waals surface area (Å²) in [5.74, 6) is 1.31. The van der Waals surface area contributed by atoms with E-state index in [1.54, 1.807) is 18.3 Å². The normalized spacial score (nSPS) is 10.3. The second-order valence-electron chi connectivity index (χ2n) is 4.28. The largest absolute Gasteiger partial charge is 0.439 e. The van der Waals surface area contributed by atoms with Crippen LogP contribution in [-0.4, -0.2) is 4.98 Å². The van der Waals surface area contributed by atoms with E-state index in [0.29, 0.717) is 11.6 Å². The molecule has 0 bridgehead atoms. The van der Waals surface area contributed by atoms with Gasteiger partial charge in [-0.1, -0.05) is 25.5 Å². The fraction of sp³-hybridized carbons (Fsp3) is 0.267. The van der Waals surface area contributed by atoms with Gasteiger partial charge in [-0.05, 0) is 36.6 Å². The van der Waals surface area contributed by atoms with E-state index in [9.17, 15) is 0 Å². The molecule has 0 saturated heterocycles. The highest BCUT2D eigenvalue weighted by Crippen LogP contribution is 2.21. The third kappa shape index (κ3) is 3.48. The Bertz CT molecular complexity index is 494. The van der Waals surface area contributed by atoms with Crippen molar-refractivity contribution in [3.63, 3.8) is 0 Å². The van der Waals surface area contributed by atoms with Gasteiger partial charge in [-0.3, -0.25) is 0 Å². The summed E-state index contributed by atoms with van der Waals surface area (Å²) >= 11 is 0. The van der Waals surface area contributed by atoms with Gasteiger partial charge in [0.2, 0.25) is 5.88 Å². The molecule has 1 heterocycles. The molecule has 0 aliphatic carbocycles. The first-order valence-corrected chi connectivity index (χ1v) is 6.26. The number of anilines is 1. The average molecular weight is 242 g/mol. The van der Waals surface area contributed by atoms with Crippen LogP contribution in [-0.2, 0) is 6.42 Å². The minimum atomic E-state index is 0.524. The molecule has 1 aromatic heterocycles. The summed E-state index contributed by atoms with van der Waals surface area (Å²) in [6.07, 6.45) is 5.19. The average Bonchev–Trinajstić information content (AvgIpc) is 2.38. The number of aromatic nitrogens is 1. The maximum Gasteiger partial charge on any atom is 0.221 e. The number of unbranched alkanes of at least 4 members (excludes halogenated alkanes) is 1. The van der Waals surface area contributed by atoms with E-state index in [2.05, 4.69) is 24.0 Å². The van der Waals surface area contributed by atoms with E-state index in [0.717, 1.165) is 12.2 Å². The van der Waals surface area contributed by atoms with Crippen molar-refractivity contribution in [1.82, 2.24) is 4.98 Å². The van der Waals surface area contributed by atoms with Gasteiger partial charge in [0.15, 0.2) is 0 Å². The number of rotatable bonds is 5. The lowest BCUT2D eigenvalue weighted by molar-refractivity contribution is 0.463. The third-order valence-corrected chi connectivity index (χ3v) is 2.72. The lowest BCUT2D eigenvalue weighted by Crippen LogP contribution is -1.91. The zero-order chi connectivity index (χ0) is 12.8. The van der Waals surface area contributed by atoms with Gasteiger partial charge in [0.05, 0.1) is 0 Å². The summed E-state index contributed by atoms with van der Waals surface area (Å²) in [6, 6.07) is 11.6. The molecule has 0 atom stereocenters. The topological polar surface area (TPSA) is 48.1 Å². The molecule has 1 aromatic carbocycles. The Morgan fingerprint density at radius 2 is 1.94 bits per heavy atom. The molecule has 3 heteroatoms. The number of hydrogen-bond donors (Lipinski definition) is 1. The van der Waals surface area contributed by atoms with E-state index in [1.165, 1.54) is 18.4 Å². The summed E-state index contributed by atoms with van der Waals surface area (Å²) in [5.41, 5.74) is 7.66. The van der Waals surface area contributed by atoms with Crippen LogP contribution in [0.3, 0.4) is 0 Å². The van der Waals surface area contributed by atoms with Gasteiger partial charge in [-0.2, -0.15) is 0 Å². The molecule has 0 amide bonds. The molecule has 0 unspecified atom stereocenters. The van der Waals surface area contributed by atoms with E-state index in [-0.39, 0.29) is 0 Å². The summed E-state index contributed by atoms with van der Waals surface area (Å²) in [4.78, 5) is 4.10. The first kappa shape index (κ1) is 12.4. The van der Waals surface area contributed by atoms with Crippen LogP contribution in [0.5, 0.6) is 11.6 Å². The van der Waals surface area contributed by atoms with Gasteiger partial charge in [0.1, 0.15) is 5.75 Å². The van der Waals surface area contributed by atoms with Crippen molar-refractivity contribution < 1.29 is 4.74 Å². The maximum atomic E-state index is 5.67. The highest BCUT2D eigenvalue weighted by atomic mass is 16.5. The molecule has 0 aliphatic rings. The molecule has 0 spiro atoms. The minimum absolute atomic E-state index is 0.524. The molecule has 0 radical (unpaired) electrons. The second kappa shape index (κ2) is 6.05. The SMILES string of the molecule is CCCCc1ccc(Oc2cc(N)ccn2)cc1. The Hall–Kier alpha value is -2.03. The Labute approximate surface area is 108 Å². The van der Waals surface area contributed by atoms with Gasteiger partial charge < -0.3 is 10.5 Å². The summed E-state index contributed by atoms with van der Waals surface area (Å²) < 4.78 is 5.63. The van der Waals surface area contributed by atoms with Crippen LogP contribution in [0.1, 0.15) is 25.3 Å². The number of ether oxygens (including phenoxy) is 1. The lowest BCUT2D eigenvalue weighted by Gasteiger charge is -2.06. The highest BCUT2D eigenvalue weighted by Gasteiger charge is 1.99. The molecule has 18 heavy (non-hydrogen) atoms. The van der Waals surface area contributed by atoms with Crippen LogP contribution in [0.15, 0.2) is 42.6 Å². The molecule has 94 valence electrons. The van der Waals surface area contributed by atoms with Gasteiger partial charge in [-0.15, -0.1) is 0 Å². The van der Waals surface area contributed by atoms with Crippen molar-refractivity contribution in [1.29, 1.82) is 0 Å². The second-order valence-corrected chi connectivity index (χ2v) is 4.28. The van der Waals surface area contributed by atoms with Crippen LogP contribution in [0.2, 0.25) is 0 Å². The maximum absolute atomic E-state index is 5.67. The smallest absolute Gasteiger partial charge is 0.221 e. The van der Waals surface area contributed by atoms with Gasteiger partial charge in [0, 0.05) is 18.0 Å². The van der Waals surface area contributed by atoms with E-state index < -0.39 is 0 Å². The zero-order valence-electron chi connectivity index (χ0n) is 10.6. The van der Waals surface area contributed by atoms with Crippen molar-refractivity contribution in [2.24, 2.45) is 0 Å². The Kier molecular flexibility index (Phi) is 4.18. The molecular weight excluding hydrogens is 224 g/mol. The Balaban J connectivity index is 2.02. The number of pyridine rings is 1. The summed E-state index contributed by atoms with van der Waals surface area (Å²) in [5, 5.41) is 0. The molecule has 3 nitrogen and oxygen atoms in total. The highest BCUT2D eigenvalue weighted by molar-refractivity contribution is 5.41. The molecule has 0 fully saturated rings. The van der Waals surface area contributed by atoms with Crippen molar-refractivity contribution in [3.8, 4) is 11.6 Å². The number of benzene rings is 1. The number of nitrogens with zero attached hydrogens (tertiary/aromatic N) is 1. The Morgan fingerprint density at radius 3 is 2.61 bits per heavy atom. The summed E-state index contributed by atoms with van der Waals surface area (Å²) in [7, 11) is 0.